The van der Waals surface area contributed by atoms with Crippen LogP contribution in [0.4, 0.5) is 0 Å². The van der Waals surface area contributed by atoms with E-state index in [9.17, 15) is 9.59 Å². The first kappa shape index (κ1) is 13.6. The third-order valence-electron chi connectivity index (χ3n) is 3.87. The van der Waals surface area contributed by atoms with Gasteiger partial charge < -0.3 is 10.2 Å². The number of carbonyl (C=O) groups is 2. The minimum Gasteiger partial charge on any atom is -0.337 e. The quantitative estimate of drug-likeness (QED) is 0.898. The molecule has 2 rings (SSSR count). The molecule has 4 nitrogen and oxygen atoms in total. The number of nitrogens with zero attached hydrogens (tertiary/aromatic N) is 1. The number of hydrogen-bond donors (Lipinski definition) is 1. The molecule has 1 N–H and O–H groups in total. The molecule has 1 fully saturated rings. The predicted molar refractivity (Wildman–Crippen MR) is 73.4 cm³/mol. The predicted octanol–water partition coefficient (Wildman–Crippen LogP) is 1.66. The summed E-state index contributed by atoms with van der Waals surface area (Å²) in [7, 11) is 0. The van der Waals surface area contributed by atoms with Gasteiger partial charge in [-0.3, -0.25) is 9.59 Å². The van der Waals surface area contributed by atoms with E-state index in [1.807, 2.05) is 44.2 Å². The third-order valence-corrected chi connectivity index (χ3v) is 3.87. The summed E-state index contributed by atoms with van der Waals surface area (Å²) in [5.41, 5.74) is -0.138. The number of piperazine rings is 1. The fraction of sp³-hybridized carbons (Fsp3) is 0.467. The Balaban J connectivity index is 2.39. The van der Waals surface area contributed by atoms with Crippen molar-refractivity contribution in [1.82, 2.24) is 10.2 Å². The summed E-state index contributed by atoms with van der Waals surface area (Å²) in [6.07, 6.45) is 0.837. The number of nitrogens with one attached hydrogen (secondary N) is 1. The van der Waals surface area contributed by atoms with Gasteiger partial charge in [-0.2, -0.15) is 0 Å². The Morgan fingerprint density at radius 1 is 1.32 bits per heavy atom. The molecule has 1 aliphatic rings. The van der Waals surface area contributed by atoms with Gasteiger partial charge in [0.2, 0.25) is 5.91 Å². The Morgan fingerprint density at radius 3 is 2.53 bits per heavy atom. The van der Waals surface area contributed by atoms with Crippen molar-refractivity contribution in [3.05, 3.63) is 35.9 Å². The van der Waals surface area contributed by atoms with Gasteiger partial charge in [0, 0.05) is 6.04 Å². The number of rotatable bonds is 3. The maximum atomic E-state index is 12.7. The molecule has 1 aliphatic heterocycles. The summed E-state index contributed by atoms with van der Waals surface area (Å²) in [5, 5.41) is 2.84. The Hall–Kier alpha value is -1.84. The molecule has 0 spiro atoms. The van der Waals surface area contributed by atoms with E-state index in [0.717, 1.165) is 12.0 Å². The molecule has 0 aliphatic carbocycles. The van der Waals surface area contributed by atoms with E-state index in [4.69, 9.17) is 0 Å². The zero-order valence-electron chi connectivity index (χ0n) is 11.6. The van der Waals surface area contributed by atoms with Crippen molar-refractivity contribution < 1.29 is 9.59 Å². The summed E-state index contributed by atoms with van der Waals surface area (Å²) in [6, 6.07) is 9.47. The standard InChI is InChI=1S/C15H20N2O2/c1-4-11(2)17-10-13(18)16-15(3,14(17)19)12-8-6-5-7-9-12/h5-9,11H,4,10H2,1-3H3,(H,16,18). The van der Waals surface area contributed by atoms with Crippen LogP contribution in [0.15, 0.2) is 30.3 Å². The van der Waals surface area contributed by atoms with Crippen molar-refractivity contribution in [3.8, 4) is 0 Å². The van der Waals surface area contributed by atoms with Gasteiger partial charge in [0.05, 0.1) is 6.54 Å². The molecule has 1 heterocycles. The molecule has 102 valence electrons. The van der Waals surface area contributed by atoms with Gasteiger partial charge in [-0.1, -0.05) is 37.3 Å². The number of amides is 2. The first-order valence-electron chi connectivity index (χ1n) is 6.66. The third kappa shape index (κ3) is 2.35. The fourth-order valence-corrected chi connectivity index (χ4v) is 2.43. The largest absolute Gasteiger partial charge is 0.337 e. The van der Waals surface area contributed by atoms with Crippen molar-refractivity contribution in [2.45, 2.75) is 38.8 Å². The van der Waals surface area contributed by atoms with Crippen molar-refractivity contribution in [1.29, 1.82) is 0 Å². The van der Waals surface area contributed by atoms with Gasteiger partial charge in [-0.15, -0.1) is 0 Å². The van der Waals surface area contributed by atoms with Crippen LogP contribution < -0.4 is 5.32 Å². The zero-order valence-corrected chi connectivity index (χ0v) is 11.6. The molecule has 2 atom stereocenters. The van der Waals surface area contributed by atoms with Crippen LogP contribution in [0.2, 0.25) is 0 Å². The first-order chi connectivity index (χ1) is 8.99. The lowest BCUT2D eigenvalue weighted by Gasteiger charge is -2.42. The summed E-state index contributed by atoms with van der Waals surface area (Å²) in [4.78, 5) is 26.3. The number of hydrogen-bond acceptors (Lipinski definition) is 2. The number of benzene rings is 1. The van der Waals surface area contributed by atoms with E-state index in [1.165, 1.54) is 0 Å². The Labute approximate surface area is 113 Å². The minimum absolute atomic E-state index is 0.0346. The van der Waals surface area contributed by atoms with E-state index in [2.05, 4.69) is 5.32 Å². The average Bonchev–Trinajstić information content (AvgIpc) is 2.43. The van der Waals surface area contributed by atoms with E-state index >= 15 is 0 Å². The Kier molecular flexibility index (Phi) is 3.60. The van der Waals surface area contributed by atoms with E-state index in [1.54, 1.807) is 11.8 Å². The van der Waals surface area contributed by atoms with Crippen LogP contribution in [0, 0.1) is 0 Å². The summed E-state index contributed by atoms with van der Waals surface area (Å²) in [5.74, 6) is -0.140. The highest BCUT2D eigenvalue weighted by Crippen LogP contribution is 2.27. The van der Waals surface area contributed by atoms with Crippen LogP contribution in [-0.4, -0.2) is 29.3 Å². The Bertz CT molecular complexity index is 486. The molecule has 0 bridgehead atoms. The van der Waals surface area contributed by atoms with Crippen LogP contribution in [0.3, 0.4) is 0 Å². The highest BCUT2D eigenvalue weighted by atomic mass is 16.2. The molecule has 1 saturated heterocycles. The summed E-state index contributed by atoms with van der Waals surface area (Å²) < 4.78 is 0. The number of carbonyl (C=O) groups excluding carboxylic acids is 2. The lowest BCUT2D eigenvalue weighted by atomic mass is 9.88. The average molecular weight is 260 g/mol. The second-order valence-electron chi connectivity index (χ2n) is 5.23. The lowest BCUT2D eigenvalue weighted by Crippen LogP contribution is -2.64. The van der Waals surface area contributed by atoms with Crippen molar-refractivity contribution >= 4 is 11.8 Å². The zero-order chi connectivity index (χ0) is 14.0. The first-order valence-corrected chi connectivity index (χ1v) is 6.66. The molecule has 1 aromatic rings. The molecule has 1 aromatic carbocycles. The van der Waals surface area contributed by atoms with Gasteiger partial charge in [0.25, 0.3) is 5.91 Å². The molecular weight excluding hydrogens is 240 g/mol. The fourth-order valence-electron chi connectivity index (χ4n) is 2.43. The molecule has 2 unspecified atom stereocenters. The minimum atomic E-state index is -0.958. The lowest BCUT2D eigenvalue weighted by molar-refractivity contribution is -0.151. The van der Waals surface area contributed by atoms with E-state index < -0.39 is 5.54 Å². The van der Waals surface area contributed by atoms with Crippen LogP contribution in [0.25, 0.3) is 0 Å². The summed E-state index contributed by atoms with van der Waals surface area (Å²) in [6.45, 7) is 5.92. The van der Waals surface area contributed by atoms with Crippen LogP contribution in [0.1, 0.15) is 32.8 Å². The Morgan fingerprint density at radius 2 is 1.95 bits per heavy atom. The molecule has 4 heteroatoms. The van der Waals surface area contributed by atoms with Gasteiger partial charge >= 0.3 is 0 Å². The normalized spacial score (nSPS) is 25.1. The van der Waals surface area contributed by atoms with Gasteiger partial charge in [-0.05, 0) is 25.8 Å². The van der Waals surface area contributed by atoms with E-state index in [-0.39, 0.29) is 24.4 Å². The topological polar surface area (TPSA) is 49.4 Å². The van der Waals surface area contributed by atoms with Gasteiger partial charge in [-0.25, -0.2) is 0 Å². The maximum Gasteiger partial charge on any atom is 0.253 e. The molecule has 0 saturated carbocycles. The molecule has 0 radical (unpaired) electrons. The van der Waals surface area contributed by atoms with Gasteiger partial charge in [0.1, 0.15) is 5.54 Å². The smallest absolute Gasteiger partial charge is 0.253 e. The summed E-state index contributed by atoms with van der Waals surface area (Å²) >= 11 is 0. The van der Waals surface area contributed by atoms with E-state index in [0.29, 0.717) is 0 Å². The second-order valence-corrected chi connectivity index (χ2v) is 5.23. The molecule has 0 aromatic heterocycles. The molecule has 19 heavy (non-hydrogen) atoms. The molecular formula is C15H20N2O2. The van der Waals surface area contributed by atoms with Crippen LogP contribution in [-0.2, 0) is 15.1 Å². The van der Waals surface area contributed by atoms with Crippen molar-refractivity contribution in [2.75, 3.05) is 6.54 Å². The van der Waals surface area contributed by atoms with Crippen LogP contribution >= 0.6 is 0 Å². The van der Waals surface area contributed by atoms with Crippen LogP contribution in [0.5, 0.6) is 0 Å². The maximum absolute atomic E-state index is 12.7. The monoisotopic (exact) mass is 260 g/mol. The molecule has 2 amide bonds. The van der Waals surface area contributed by atoms with Crippen molar-refractivity contribution in [2.24, 2.45) is 0 Å². The van der Waals surface area contributed by atoms with Crippen molar-refractivity contribution in [3.63, 3.8) is 0 Å². The second kappa shape index (κ2) is 5.03. The highest BCUT2D eigenvalue weighted by Gasteiger charge is 2.45. The highest BCUT2D eigenvalue weighted by molar-refractivity contribution is 5.98. The van der Waals surface area contributed by atoms with Gasteiger partial charge in [0.15, 0.2) is 0 Å². The SMILES string of the molecule is CCC(C)N1CC(=O)NC(C)(c2ccccc2)C1=O.